The number of urea groups is 1. The van der Waals surface area contributed by atoms with Crippen LogP contribution in [0.2, 0.25) is 5.02 Å². The molecule has 1 aliphatic heterocycles. The molecule has 0 spiro atoms. The van der Waals surface area contributed by atoms with Crippen LogP contribution >= 0.6 is 11.6 Å². The third-order valence-corrected chi connectivity index (χ3v) is 5.93. The van der Waals surface area contributed by atoms with Gasteiger partial charge in [-0.3, -0.25) is 4.79 Å². The van der Waals surface area contributed by atoms with E-state index in [2.05, 4.69) is 22.1 Å². The Balaban J connectivity index is 1.53. The molecule has 4 rings (SSSR count). The predicted octanol–water partition coefficient (Wildman–Crippen LogP) is 5.02. The molecule has 7 heteroatoms. The van der Waals surface area contributed by atoms with Crippen LogP contribution in [0.4, 0.5) is 10.5 Å². The molecule has 1 aliphatic rings. The molecule has 0 radical (unpaired) electrons. The molecule has 32 heavy (non-hydrogen) atoms. The van der Waals surface area contributed by atoms with Crippen LogP contribution in [0.5, 0.6) is 0 Å². The van der Waals surface area contributed by atoms with Gasteiger partial charge in [0.05, 0.1) is 6.04 Å². The number of carbonyl (C=O) groups excluding carboxylic acids is 2. The number of amides is 3. The summed E-state index contributed by atoms with van der Waals surface area (Å²) in [5.74, 6) is -0.0639. The second-order valence-corrected chi connectivity index (χ2v) is 8.32. The Morgan fingerprint density at radius 1 is 1.03 bits per heavy atom. The maximum Gasteiger partial charge on any atom is 0.322 e. The van der Waals surface area contributed by atoms with Crippen LogP contribution in [0.1, 0.15) is 30.6 Å². The molecule has 1 atom stereocenters. The lowest BCUT2D eigenvalue weighted by atomic mass is 10.00. The van der Waals surface area contributed by atoms with Gasteiger partial charge in [0, 0.05) is 42.2 Å². The first-order valence-corrected chi connectivity index (χ1v) is 11.3. The summed E-state index contributed by atoms with van der Waals surface area (Å²) in [6.07, 6.45) is 2.81. The Morgan fingerprint density at radius 3 is 2.50 bits per heavy atom. The summed E-state index contributed by atoms with van der Waals surface area (Å²) in [7, 11) is 0. The molecule has 0 bridgehead atoms. The van der Waals surface area contributed by atoms with Gasteiger partial charge in [-0.25, -0.2) is 4.79 Å². The van der Waals surface area contributed by atoms with Gasteiger partial charge < -0.3 is 19.7 Å². The number of fused-ring (bicyclic) bond motifs is 1. The molecule has 0 saturated carbocycles. The first kappa shape index (κ1) is 22.0. The maximum atomic E-state index is 13.5. The van der Waals surface area contributed by atoms with Crippen molar-refractivity contribution in [3.63, 3.8) is 0 Å². The lowest BCUT2D eigenvalue weighted by Gasteiger charge is -2.38. The van der Waals surface area contributed by atoms with Crippen molar-refractivity contribution in [2.24, 2.45) is 0 Å². The monoisotopic (exact) mass is 450 g/mol. The second-order valence-electron chi connectivity index (χ2n) is 7.89. The van der Waals surface area contributed by atoms with Crippen LogP contribution in [0.15, 0.2) is 72.9 Å². The number of anilines is 1. The van der Waals surface area contributed by atoms with E-state index in [4.69, 9.17) is 11.6 Å². The van der Waals surface area contributed by atoms with Gasteiger partial charge in [0.15, 0.2) is 0 Å². The fourth-order valence-corrected chi connectivity index (χ4v) is 4.28. The maximum absolute atomic E-state index is 13.5. The number of rotatable bonds is 6. The Morgan fingerprint density at radius 2 is 1.78 bits per heavy atom. The third-order valence-electron chi connectivity index (χ3n) is 5.68. The summed E-state index contributed by atoms with van der Waals surface area (Å²) in [5.41, 5.74) is 2.79. The van der Waals surface area contributed by atoms with Gasteiger partial charge in [-0.15, -0.1) is 0 Å². The van der Waals surface area contributed by atoms with E-state index in [1.165, 1.54) is 0 Å². The SMILES string of the molecule is CCCN(CC(=O)N1CCn2cccc2C1c1ccccc1)C(=O)Nc1ccc(Cl)cc1. The van der Waals surface area contributed by atoms with E-state index < -0.39 is 0 Å². The summed E-state index contributed by atoms with van der Waals surface area (Å²) in [6, 6.07) is 20.6. The number of nitrogens with zero attached hydrogens (tertiary/aromatic N) is 3. The van der Waals surface area contributed by atoms with Crippen molar-refractivity contribution in [3.05, 3.63) is 89.2 Å². The van der Waals surface area contributed by atoms with Gasteiger partial charge >= 0.3 is 6.03 Å². The van der Waals surface area contributed by atoms with Crippen molar-refractivity contribution in [2.75, 3.05) is 25.0 Å². The van der Waals surface area contributed by atoms with E-state index in [9.17, 15) is 9.59 Å². The minimum absolute atomic E-state index is 0.0251. The van der Waals surface area contributed by atoms with Crippen molar-refractivity contribution in [1.29, 1.82) is 0 Å². The van der Waals surface area contributed by atoms with Gasteiger partial charge in [0.1, 0.15) is 6.54 Å². The number of aromatic nitrogens is 1. The molecule has 1 unspecified atom stereocenters. The standard InChI is InChI=1S/C25H27ClN4O2/c1-2-14-29(25(32)27-21-12-10-20(26)11-13-21)18-23(31)30-17-16-28-15-6-9-22(28)24(30)19-7-4-3-5-8-19/h3-13,15,24H,2,14,16-18H2,1H3,(H,27,32). The van der Waals surface area contributed by atoms with E-state index in [0.717, 1.165) is 24.2 Å². The number of benzene rings is 2. The van der Waals surface area contributed by atoms with E-state index in [0.29, 0.717) is 23.8 Å². The van der Waals surface area contributed by atoms with E-state index >= 15 is 0 Å². The number of halogens is 1. The number of carbonyl (C=O) groups is 2. The Bertz CT molecular complexity index is 1070. The highest BCUT2D eigenvalue weighted by molar-refractivity contribution is 6.30. The normalized spacial score (nSPS) is 15.2. The van der Waals surface area contributed by atoms with Gasteiger partial charge in [-0.05, 0) is 48.4 Å². The van der Waals surface area contributed by atoms with Gasteiger partial charge in [0.25, 0.3) is 0 Å². The zero-order valence-corrected chi connectivity index (χ0v) is 18.8. The molecule has 0 aliphatic carbocycles. The zero-order chi connectivity index (χ0) is 22.5. The van der Waals surface area contributed by atoms with Crippen molar-refractivity contribution >= 4 is 29.2 Å². The summed E-state index contributed by atoms with van der Waals surface area (Å²) in [5, 5.41) is 3.47. The van der Waals surface area contributed by atoms with E-state index in [-0.39, 0.29) is 24.5 Å². The molecule has 3 aromatic rings. The molecule has 1 aromatic heterocycles. The molecule has 2 aromatic carbocycles. The smallest absolute Gasteiger partial charge is 0.322 e. The lowest BCUT2D eigenvalue weighted by molar-refractivity contribution is -0.134. The number of hydrogen-bond donors (Lipinski definition) is 1. The number of hydrogen-bond acceptors (Lipinski definition) is 2. The van der Waals surface area contributed by atoms with Gasteiger partial charge in [-0.1, -0.05) is 48.9 Å². The van der Waals surface area contributed by atoms with Crippen molar-refractivity contribution < 1.29 is 9.59 Å². The highest BCUT2D eigenvalue weighted by atomic mass is 35.5. The van der Waals surface area contributed by atoms with Gasteiger partial charge in [-0.2, -0.15) is 0 Å². The van der Waals surface area contributed by atoms with Crippen LogP contribution < -0.4 is 5.32 Å². The fraction of sp³-hybridized carbons (Fsp3) is 0.280. The molecule has 3 amide bonds. The van der Waals surface area contributed by atoms with Crippen LogP contribution in [-0.2, 0) is 11.3 Å². The predicted molar refractivity (Wildman–Crippen MR) is 127 cm³/mol. The Labute approximate surface area is 193 Å². The molecule has 0 saturated heterocycles. The van der Waals surface area contributed by atoms with Crippen molar-refractivity contribution in [2.45, 2.75) is 25.9 Å². The van der Waals surface area contributed by atoms with E-state index in [1.807, 2.05) is 48.2 Å². The Hall–Kier alpha value is -3.25. The van der Waals surface area contributed by atoms with Crippen LogP contribution in [-0.4, -0.2) is 45.9 Å². The average Bonchev–Trinajstić information content (AvgIpc) is 3.29. The molecule has 2 heterocycles. The highest BCUT2D eigenvalue weighted by Gasteiger charge is 2.33. The second kappa shape index (κ2) is 9.92. The van der Waals surface area contributed by atoms with Gasteiger partial charge in [0.2, 0.25) is 5.91 Å². The first-order valence-electron chi connectivity index (χ1n) is 10.9. The van der Waals surface area contributed by atoms with Crippen LogP contribution in [0.25, 0.3) is 0 Å². The summed E-state index contributed by atoms with van der Waals surface area (Å²) in [6.45, 7) is 3.84. The minimum Gasteiger partial charge on any atom is -0.348 e. The molecule has 0 fully saturated rings. The van der Waals surface area contributed by atoms with E-state index in [1.54, 1.807) is 29.2 Å². The van der Waals surface area contributed by atoms with Crippen molar-refractivity contribution in [3.8, 4) is 0 Å². The quantitative estimate of drug-likeness (QED) is 0.573. The lowest BCUT2D eigenvalue weighted by Crippen LogP contribution is -2.48. The minimum atomic E-state index is -0.292. The number of nitrogens with one attached hydrogen (secondary N) is 1. The first-order chi connectivity index (χ1) is 15.6. The summed E-state index contributed by atoms with van der Waals surface area (Å²) in [4.78, 5) is 29.9. The summed E-state index contributed by atoms with van der Waals surface area (Å²) >= 11 is 5.93. The molecule has 6 nitrogen and oxygen atoms in total. The molecular formula is C25H27ClN4O2. The van der Waals surface area contributed by atoms with Crippen molar-refractivity contribution in [1.82, 2.24) is 14.4 Å². The summed E-state index contributed by atoms with van der Waals surface area (Å²) < 4.78 is 2.19. The molecule has 166 valence electrons. The largest absolute Gasteiger partial charge is 0.348 e. The van der Waals surface area contributed by atoms with Crippen LogP contribution in [0, 0.1) is 0 Å². The Kier molecular flexibility index (Phi) is 6.81. The fourth-order valence-electron chi connectivity index (χ4n) is 4.15. The highest BCUT2D eigenvalue weighted by Crippen LogP contribution is 2.32. The third kappa shape index (κ3) is 4.81. The zero-order valence-electron chi connectivity index (χ0n) is 18.1. The molecule has 1 N–H and O–H groups in total. The molecular weight excluding hydrogens is 424 g/mol. The topological polar surface area (TPSA) is 57.6 Å². The average molecular weight is 451 g/mol. The van der Waals surface area contributed by atoms with Crippen LogP contribution in [0.3, 0.4) is 0 Å².